The van der Waals surface area contributed by atoms with Gasteiger partial charge in [-0.05, 0) is 61.4 Å². The Kier molecular flexibility index (Phi) is 5.57. The van der Waals surface area contributed by atoms with E-state index in [2.05, 4.69) is 42.7 Å². The monoisotopic (exact) mass is 332 g/mol. The number of hydrogen-bond donors (Lipinski definition) is 2. The molecule has 0 aliphatic heterocycles. The van der Waals surface area contributed by atoms with Crippen molar-refractivity contribution in [2.24, 2.45) is 0 Å². The molecule has 128 valence electrons. The Hall–Kier alpha value is -2.94. The third-order valence-corrected chi connectivity index (χ3v) is 4.07. The van der Waals surface area contributed by atoms with Crippen molar-refractivity contribution in [1.82, 2.24) is 0 Å². The van der Waals surface area contributed by atoms with Crippen molar-refractivity contribution in [3.8, 4) is 11.5 Å². The first kappa shape index (κ1) is 16.9. The molecule has 0 fully saturated rings. The minimum Gasteiger partial charge on any atom is -0.457 e. The van der Waals surface area contributed by atoms with Crippen molar-refractivity contribution in [1.29, 1.82) is 0 Å². The van der Waals surface area contributed by atoms with E-state index in [1.54, 1.807) is 0 Å². The summed E-state index contributed by atoms with van der Waals surface area (Å²) in [5, 5.41) is 6.94. The number of benzene rings is 3. The molecule has 3 heteroatoms. The third-order valence-electron chi connectivity index (χ3n) is 4.07. The fourth-order valence-electron chi connectivity index (χ4n) is 2.75. The van der Waals surface area contributed by atoms with Crippen LogP contribution in [0.25, 0.3) is 0 Å². The molecule has 25 heavy (non-hydrogen) atoms. The van der Waals surface area contributed by atoms with E-state index in [1.165, 1.54) is 16.8 Å². The van der Waals surface area contributed by atoms with Crippen LogP contribution in [0.15, 0.2) is 72.8 Å². The van der Waals surface area contributed by atoms with Gasteiger partial charge in [0.05, 0.1) is 0 Å². The van der Waals surface area contributed by atoms with Crippen LogP contribution in [-0.2, 0) is 0 Å². The average Bonchev–Trinajstić information content (AvgIpc) is 2.63. The maximum atomic E-state index is 5.80. The minimum atomic E-state index is 0.838. The highest BCUT2D eigenvalue weighted by molar-refractivity contribution is 5.56. The molecule has 2 N–H and O–H groups in total. The predicted octanol–water partition coefficient (Wildman–Crippen LogP) is 5.62. The molecule has 0 atom stereocenters. The summed E-state index contributed by atoms with van der Waals surface area (Å²) in [6, 6.07) is 24.2. The molecule has 0 spiro atoms. The molecule has 3 rings (SSSR count). The van der Waals surface area contributed by atoms with E-state index in [9.17, 15) is 0 Å². The largest absolute Gasteiger partial charge is 0.457 e. The average molecular weight is 332 g/mol. The molecule has 3 aromatic rings. The Morgan fingerprint density at radius 2 is 1.24 bits per heavy atom. The molecule has 0 aromatic heterocycles. The fraction of sp³-hybridized carbons (Fsp3) is 0.182. The topological polar surface area (TPSA) is 33.3 Å². The van der Waals surface area contributed by atoms with E-state index >= 15 is 0 Å². The minimum absolute atomic E-state index is 0.838. The van der Waals surface area contributed by atoms with Crippen LogP contribution in [0, 0.1) is 13.8 Å². The van der Waals surface area contributed by atoms with Crippen LogP contribution in [0.3, 0.4) is 0 Å². The van der Waals surface area contributed by atoms with Crippen molar-refractivity contribution >= 4 is 11.4 Å². The molecule has 0 saturated heterocycles. The van der Waals surface area contributed by atoms with E-state index in [-0.39, 0.29) is 0 Å². The number of nitrogens with one attached hydrogen (secondary N) is 2. The molecular formula is C22H24N2O. The number of aryl methyl sites for hydroxylation is 2. The Labute approximate surface area is 149 Å². The SMILES string of the molecule is Cc1cccc(C)c1NCCNc1ccc(Oc2ccccc2)cc1. The first-order valence-corrected chi connectivity index (χ1v) is 8.59. The van der Waals surface area contributed by atoms with Gasteiger partial charge in [-0.3, -0.25) is 0 Å². The number of rotatable bonds is 7. The molecule has 3 nitrogen and oxygen atoms in total. The highest BCUT2D eigenvalue weighted by Crippen LogP contribution is 2.22. The highest BCUT2D eigenvalue weighted by Gasteiger charge is 2.01. The van der Waals surface area contributed by atoms with E-state index in [4.69, 9.17) is 4.74 Å². The van der Waals surface area contributed by atoms with Crippen molar-refractivity contribution in [3.05, 3.63) is 83.9 Å². The quantitative estimate of drug-likeness (QED) is 0.551. The van der Waals surface area contributed by atoms with E-state index in [0.29, 0.717) is 0 Å². The van der Waals surface area contributed by atoms with Crippen LogP contribution in [-0.4, -0.2) is 13.1 Å². The Morgan fingerprint density at radius 1 is 0.640 bits per heavy atom. The van der Waals surface area contributed by atoms with Crippen LogP contribution in [0.4, 0.5) is 11.4 Å². The molecule has 0 bridgehead atoms. The van der Waals surface area contributed by atoms with Gasteiger partial charge in [0.15, 0.2) is 0 Å². The summed E-state index contributed by atoms with van der Waals surface area (Å²) in [4.78, 5) is 0. The summed E-state index contributed by atoms with van der Waals surface area (Å²) in [6.45, 7) is 5.99. The van der Waals surface area contributed by atoms with Crippen LogP contribution >= 0.6 is 0 Å². The van der Waals surface area contributed by atoms with Gasteiger partial charge >= 0.3 is 0 Å². The Bertz CT molecular complexity index is 778. The van der Waals surface area contributed by atoms with Gasteiger partial charge in [-0.1, -0.05) is 36.4 Å². The standard InChI is InChI=1S/C22H24N2O/c1-17-7-6-8-18(2)22(17)24-16-15-23-19-11-13-21(14-12-19)25-20-9-4-3-5-10-20/h3-14,23-24H,15-16H2,1-2H3. The molecule has 0 radical (unpaired) electrons. The number of anilines is 2. The lowest BCUT2D eigenvalue weighted by Crippen LogP contribution is -2.14. The van der Waals surface area contributed by atoms with Gasteiger partial charge in [-0.15, -0.1) is 0 Å². The zero-order chi connectivity index (χ0) is 17.5. The molecule has 0 saturated carbocycles. The molecule has 0 heterocycles. The van der Waals surface area contributed by atoms with Crippen molar-refractivity contribution in [2.75, 3.05) is 23.7 Å². The molecule has 0 aliphatic rings. The lowest BCUT2D eigenvalue weighted by atomic mass is 10.1. The smallest absolute Gasteiger partial charge is 0.127 e. The fourth-order valence-corrected chi connectivity index (χ4v) is 2.75. The Morgan fingerprint density at radius 3 is 1.92 bits per heavy atom. The summed E-state index contributed by atoms with van der Waals surface area (Å²) < 4.78 is 5.80. The molecule has 0 aliphatic carbocycles. The van der Waals surface area contributed by atoms with Gasteiger partial charge in [0.2, 0.25) is 0 Å². The summed E-state index contributed by atoms with van der Waals surface area (Å²) >= 11 is 0. The molecule has 0 amide bonds. The van der Waals surface area contributed by atoms with Crippen LogP contribution < -0.4 is 15.4 Å². The summed E-state index contributed by atoms with van der Waals surface area (Å²) in [6.07, 6.45) is 0. The van der Waals surface area contributed by atoms with Gasteiger partial charge < -0.3 is 15.4 Å². The van der Waals surface area contributed by atoms with Gasteiger partial charge in [0.25, 0.3) is 0 Å². The second-order valence-corrected chi connectivity index (χ2v) is 6.06. The maximum absolute atomic E-state index is 5.80. The number of hydrogen-bond acceptors (Lipinski definition) is 3. The van der Waals surface area contributed by atoms with Gasteiger partial charge in [0, 0.05) is 24.5 Å². The zero-order valence-electron chi connectivity index (χ0n) is 14.8. The zero-order valence-corrected chi connectivity index (χ0v) is 14.8. The lowest BCUT2D eigenvalue weighted by Gasteiger charge is -2.13. The maximum Gasteiger partial charge on any atom is 0.127 e. The lowest BCUT2D eigenvalue weighted by molar-refractivity contribution is 0.483. The van der Waals surface area contributed by atoms with Crippen molar-refractivity contribution in [2.45, 2.75) is 13.8 Å². The van der Waals surface area contributed by atoms with Crippen molar-refractivity contribution < 1.29 is 4.74 Å². The highest BCUT2D eigenvalue weighted by atomic mass is 16.5. The van der Waals surface area contributed by atoms with E-state index < -0.39 is 0 Å². The summed E-state index contributed by atoms with van der Waals surface area (Å²) in [7, 11) is 0. The van der Waals surface area contributed by atoms with Crippen LogP contribution in [0.5, 0.6) is 11.5 Å². The summed E-state index contributed by atoms with van der Waals surface area (Å²) in [5.74, 6) is 1.69. The summed E-state index contributed by atoms with van der Waals surface area (Å²) in [5.41, 5.74) is 4.88. The number of ether oxygens (including phenoxy) is 1. The second kappa shape index (κ2) is 8.25. The molecule has 0 unspecified atom stereocenters. The van der Waals surface area contributed by atoms with Gasteiger partial charge in [0.1, 0.15) is 11.5 Å². The third kappa shape index (κ3) is 4.77. The second-order valence-electron chi connectivity index (χ2n) is 6.06. The van der Waals surface area contributed by atoms with Crippen LogP contribution in [0.1, 0.15) is 11.1 Å². The van der Waals surface area contributed by atoms with E-state index in [1.807, 2.05) is 54.6 Å². The normalized spacial score (nSPS) is 10.3. The first-order chi connectivity index (χ1) is 12.2. The Balaban J connectivity index is 1.47. The predicted molar refractivity (Wildman–Crippen MR) is 106 cm³/mol. The van der Waals surface area contributed by atoms with Gasteiger partial charge in [-0.25, -0.2) is 0 Å². The van der Waals surface area contributed by atoms with Crippen LogP contribution in [0.2, 0.25) is 0 Å². The number of para-hydroxylation sites is 2. The molecular weight excluding hydrogens is 308 g/mol. The van der Waals surface area contributed by atoms with E-state index in [0.717, 1.165) is 30.3 Å². The van der Waals surface area contributed by atoms with Gasteiger partial charge in [-0.2, -0.15) is 0 Å². The first-order valence-electron chi connectivity index (χ1n) is 8.59. The van der Waals surface area contributed by atoms with Crippen molar-refractivity contribution in [3.63, 3.8) is 0 Å². The molecule has 3 aromatic carbocycles.